The fraction of sp³-hybridized carbons (Fsp3) is 0.294. The zero-order valence-electron chi connectivity index (χ0n) is 15.4. The molecule has 2 N–H and O–H groups in total. The van der Waals surface area contributed by atoms with Crippen molar-refractivity contribution >= 4 is 51.5 Å². The topological polar surface area (TPSA) is 94.3 Å². The molecule has 0 fully saturated rings. The van der Waals surface area contributed by atoms with Crippen molar-refractivity contribution in [1.29, 1.82) is 0 Å². The van der Waals surface area contributed by atoms with Crippen LogP contribution in [0.1, 0.15) is 10.4 Å². The summed E-state index contributed by atoms with van der Waals surface area (Å²) < 4.78 is 50.0. The number of halogens is 1. The summed E-state index contributed by atoms with van der Waals surface area (Å²) in [6.07, 6.45) is 1.05. The van der Waals surface area contributed by atoms with Crippen molar-refractivity contribution in [3.8, 4) is 11.5 Å². The molecule has 5 nitrogen and oxygen atoms in total. The van der Waals surface area contributed by atoms with E-state index in [1.165, 1.54) is 24.3 Å². The van der Waals surface area contributed by atoms with E-state index in [9.17, 15) is 16.8 Å². The van der Waals surface area contributed by atoms with Gasteiger partial charge in [0.1, 0.15) is 12.3 Å². The Morgan fingerprint density at radius 1 is 1.04 bits per heavy atom. The van der Waals surface area contributed by atoms with Crippen LogP contribution in [0.4, 0.5) is 0 Å². The molecule has 0 aliphatic heterocycles. The van der Waals surface area contributed by atoms with E-state index in [1.807, 2.05) is 0 Å². The second-order valence-electron chi connectivity index (χ2n) is 6.89. The number of hydrogen-bond acceptors (Lipinski definition) is 6. The minimum absolute atomic E-state index is 0. The summed E-state index contributed by atoms with van der Waals surface area (Å²) in [5, 5.41) is 0. The predicted molar refractivity (Wildman–Crippen MR) is 115 cm³/mol. The van der Waals surface area contributed by atoms with Gasteiger partial charge in [0.2, 0.25) is 9.84 Å². The summed E-state index contributed by atoms with van der Waals surface area (Å²) in [4.78, 5) is 0.598. The van der Waals surface area contributed by atoms with Gasteiger partial charge < -0.3 is 5.73 Å². The molecular formula is C17H22ClNO4S3Si. The minimum Gasteiger partial charge on any atom is -0.326 e. The van der Waals surface area contributed by atoms with Crippen LogP contribution in [0, 0.1) is 11.5 Å². The Morgan fingerprint density at radius 2 is 1.63 bits per heavy atom. The van der Waals surface area contributed by atoms with Gasteiger partial charge in [-0.25, -0.2) is 16.8 Å². The van der Waals surface area contributed by atoms with Crippen molar-refractivity contribution in [3.63, 3.8) is 0 Å². The molecule has 1 heterocycles. The van der Waals surface area contributed by atoms with Gasteiger partial charge in [0.15, 0.2) is 9.84 Å². The summed E-state index contributed by atoms with van der Waals surface area (Å²) in [7, 11) is -9.13. The van der Waals surface area contributed by atoms with Gasteiger partial charge in [0, 0.05) is 23.2 Å². The lowest BCUT2D eigenvalue weighted by Gasteiger charge is -2.07. The molecule has 27 heavy (non-hydrogen) atoms. The number of rotatable bonds is 4. The molecule has 0 amide bonds. The first kappa shape index (κ1) is 23.9. The Balaban J connectivity index is 0.00000364. The van der Waals surface area contributed by atoms with Crippen LogP contribution in [0.5, 0.6) is 0 Å². The summed E-state index contributed by atoms with van der Waals surface area (Å²) >= 11 is 1.08. The first-order valence-electron chi connectivity index (χ1n) is 7.75. The Labute approximate surface area is 172 Å². The van der Waals surface area contributed by atoms with E-state index >= 15 is 0 Å². The van der Waals surface area contributed by atoms with E-state index in [2.05, 4.69) is 31.1 Å². The standard InChI is InChI=1S/C17H21NO4S3Si.ClH/c1-24(19,20)15-9-13(7-8-26(2,3)4)10-16(11-15)25(21,22)17-6-5-14(12-18)23-17;/h5-6,9-11H,12,18H2,1-4H3;1H. The van der Waals surface area contributed by atoms with Crippen molar-refractivity contribution in [2.24, 2.45) is 5.73 Å². The van der Waals surface area contributed by atoms with Crippen LogP contribution in [-0.2, 0) is 26.2 Å². The molecule has 0 unspecified atom stereocenters. The summed E-state index contributed by atoms with van der Waals surface area (Å²) in [6.45, 7) is 6.41. The molecule has 0 spiro atoms. The van der Waals surface area contributed by atoms with E-state index < -0.39 is 27.7 Å². The molecule has 2 rings (SSSR count). The molecule has 148 valence electrons. The number of thiophene rings is 1. The van der Waals surface area contributed by atoms with Gasteiger partial charge in [-0.3, -0.25) is 0 Å². The molecule has 0 aliphatic carbocycles. The first-order chi connectivity index (χ1) is 11.8. The maximum atomic E-state index is 12.9. The van der Waals surface area contributed by atoms with Gasteiger partial charge in [0.25, 0.3) is 0 Å². The largest absolute Gasteiger partial charge is 0.326 e. The molecule has 0 atom stereocenters. The van der Waals surface area contributed by atoms with Crippen LogP contribution in [0.15, 0.2) is 44.3 Å². The van der Waals surface area contributed by atoms with E-state index in [4.69, 9.17) is 5.73 Å². The number of sulfone groups is 2. The maximum absolute atomic E-state index is 12.9. The summed E-state index contributed by atoms with van der Waals surface area (Å²) in [5.41, 5.74) is 9.07. The van der Waals surface area contributed by atoms with Gasteiger partial charge in [-0.15, -0.1) is 29.3 Å². The van der Waals surface area contributed by atoms with Crippen LogP contribution >= 0.6 is 23.7 Å². The van der Waals surface area contributed by atoms with Gasteiger partial charge in [-0.2, -0.15) is 0 Å². The lowest BCUT2D eigenvalue weighted by molar-refractivity contribution is 0.597. The Morgan fingerprint density at radius 3 is 2.11 bits per heavy atom. The van der Waals surface area contributed by atoms with Gasteiger partial charge in [0.05, 0.1) is 9.79 Å². The third-order valence-corrected chi connectivity index (χ3v) is 8.60. The number of benzene rings is 1. The Kier molecular flexibility index (Phi) is 7.49. The molecule has 0 aliphatic rings. The lowest BCUT2D eigenvalue weighted by atomic mass is 10.2. The number of hydrogen-bond donors (Lipinski definition) is 1. The van der Waals surface area contributed by atoms with Gasteiger partial charge in [-0.1, -0.05) is 25.6 Å². The van der Waals surface area contributed by atoms with E-state index in [1.54, 1.807) is 6.07 Å². The van der Waals surface area contributed by atoms with Crippen LogP contribution in [0.3, 0.4) is 0 Å². The highest BCUT2D eigenvalue weighted by Crippen LogP contribution is 2.29. The highest BCUT2D eigenvalue weighted by molar-refractivity contribution is 7.93. The molecule has 0 radical (unpaired) electrons. The average molecular weight is 464 g/mol. The molecule has 10 heteroatoms. The second-order valence-corrected chi connectivity index (χ2v) is 17.0. The average Bonchev–Trinajstić information content (AvgIpc) is 3.01. The van der Waals surface area contributed by atoms with Crippen LogP contribution in [-0.4, -0.2) is 31.2 Å². The minimum atomic E-state index is -3.85. The SMILES string of the molecule is C[Si](C)(C)C#Cc1cc(S(C)(=O)=O)cc(S(=O)(=O)c2ccc(CN)s2)c1.Cl. The molecule has 2 aromatic rings. The molecule has 0 saturated heterocycles. The molecule has 0 bridgehead atoms. The third kappa shape index (κ3) is 6.17. The normalized spacial score (nSPS) is 12.0. The second kappa shape index (κ2) is 8.47. The van der Waals surface area contributed by atoms with Crippen LogP contribution in [0.25, 0.3) is 0 Å². The van der Waals surface area contributed by atoms with E-state index in [0.717, 1.165) is 22.5 Å². The smallest absolute Gasteiger partial charge is 0.216 e. The zero-order chi connectivity index (χ0) is 19.8. The van der Waals surface area contributed by atoms with Gasteiger partial charge >= 0.3 is 0 Å². The highest BCUT2D eigenvalue weighted by Gasteiger charge is 2.23. The van der Waals surface area contributed by atoms with Crippen molar-refractivity contribution in [1.82, 2.24) is 0 Å². The van der Waals surface area contributed by atoms with Crippen molar-refractivity contribution in [2.45, 2.75) is 40.2 Å². The predicted octanol–water partition coefficient (Wildman–Crippen LogP) is 3.09. The van der Waals surface area contributed by atoms with E-state index in [-0.39, 0.29) is 33.0 Å². The number of nitrogens with two attached hydrogens (primary N) is 1. The summed E-state index contributed by atoms with van der Waals surface area (Å²) in [5.74, 6) is 2.94. The lowest BCUT2D eigenvalue weighted by Crippen LogP contribution is -2.16. The first-order valence-corrected chi connectivity index (χ1v) is 15.4. The third-order valence-electron chi connectivity index (χ3n) is 3.30. The van der Waals surface area contributed by atoms with Gasteiger partial charge in [-0.05, 0) is 30.3 Å². The molecular weight excluding hydrogens is 442 g/mol. The molecule has 1 aromatic heterocycles. The van der Waals surface area contributed by atoms with E-state index in [0.29, 0.717) is 5.56 Å². The quantitative estimate of drug-likeness (QED) is 0.555. The fourth-order valence-corrected chi connectivity index (χ4v) is 5.98. The molecule has 0 saturated carbocycles. The molecule has 1 aromatic carbocycles. The van der Waals surface area contributed by atoms with Crippen LogP contribution < -0.4 is 5.73 Å². The van der Waals surface area contributed by atoms with Crippen LogP contribution in [0.2, 0.25) is 19.6 Å². The monoisotopic (exact) mass is 463 g/mol. The zero-order valence-corrected chi connectivity index (χ0v) is 19.7. The fourth-order valence-electron chi connectivity index (χ4n) is 2.00. The van der Waals surface area contributed by atoms with Crippen molar-refractivity contribution in [3.05, 3.63) is 40.8 Å². The van der Waals surface area contributed by atoms with Crippen molar-refractivity contribution in [2.75, 3.05) is 6.26 Å². The Hall–Kier alpha value is -1.15. The highest BCUT2D eigenvalue weighted by atomic mass is 35.5. The maximum Gasteiger partial charge on any atom is 0.216 e. The summed E-state index contributed by atoms with van der Waals surface area (Å²) in [6, 6.07) is 7.18. The Bertz CT molecular complexity index is 1110. The van der Waals surface area contributed by atoms with Crippen molar-refractivity contribution < 1.29 is 16.8 Å².